The predicted molar refractivity (Wildman–Crippen MR) is 91.3 cm³/mol. The summed E-state index contributed by atoms with van der Waals surface area (Å²) in [7, 11) is 3.39. The number of ether oxygens (including phenoxy) is 2. The van der Waals surface area contributed by atoms with Crippen molar-refractivity contribution >= 4 is 17.5 Å². The minimum Gasteiger partial charge on any atom is -0.497 e. The Balaban J connectivity index is 1.76. The minimum absolute atomic E-state index is 0.0508. The van der Waals surface area contributed by atoms with Crippen molar-refractivity contribution in [3.63, 3.8) is 0 Å². The molecule has 0 unspecified atom stereocenters. The summed E-state index contributed by atoms with van der Waals surface area (Å²) in [6.07, 6.45) is 0.363. The molecule has 0 aliphatic heterocycles. The van der Waals surface area contributed by atoms with E-state index < -0.39 is 0 Å². The van der Waals surface area contributed by atoms with Crippen molar-refractivity contribution in [2.24, 2.45) is 0 Å². The number of nitrogens with zero attached hydrogens (tertiary/aromatic N) is 1. The molecule has 2 aromatic carbocycles. The monoisotopic (exact) mass is 333 g/mol. The highest BCUT2D eigenvalue weighted by Gasteiger charge is 2.10. The molecule has 0 heterocycles. The fourth-order valence-electron chi connectivity index (χ4n) is 2.01. The van der Waals surface area contributed by atoms with E-state index in [0.717, 1.165) is 17.1 Å². The first-order chi connectivity index (χ1) is 11.1. The van der Waals surface area contributed by atoms with Crippen LogP contribution < -0.4 is 9.47 Å². The zero-order valence-corrected chi connectivity index (χ0v) is 14.0. The van der Waals surface area contributed by atoms with E-state index >= 15 is 0 Å². The number of hydrogen-bond donors (Lipinski definition) is 0. The van der Waals surface area contributed by atoms with Crippen molar-refractivity contribution in [2.45, 2.75) is 6.42 Å². The zero-order chi connectivity index (χ0) is 16.7. The van der Waals surface area contributed by atoms with Gasteiger partial charge in [-0.2, -0.15) is 0 Å². The van der Waals surface area contributed by atoms with Crippen molar-refractivity contribution < 1.29 is 14.3 Å². The van der Waals surface area contributed by atoms with Gasteiger partial charge in [0, 0.05) is 12.1 Å². The third-order valence-corrected chi connectivity index (χ3v) is 3.70. The average Bonchev–Trinajstić information content (AvgIpc) is 2.57. The Morgan fingerprint density at radius 3 is 2.26 bits per heavy atom. The minimum atomic E-state index is 0.0508. The van der Waals surface area contributed by atoms with Crippen LogP contribution >= 0.6 is 11.6 Å². The van der Waals surface area contributed by atoms with E-state index in [-0.39, 0.29) is 5.91 Å². The van der Waals surface area contributed by atoms with Crippen LogP contribution in [0.25, 0.3) is 0 Å². The van der Waals surface area contributed by atoms with Crippen LogP contribution in [-0.4, -0.2) is 38.1 Å². The van der Waals surface area contributed by atoms with Gasteiger partial charge in [0.15, 0.2) is 0 Å². The number of hydrogen-bond acceptors (Lipinski definition) is 3. The Morgan fingerprint density at radius 2 is 1.65 bits per heavy atom. The van der Waals surface area contributed by atoms with Crippen LogP contribution in [0.15, 0.2) is 48.5 Å². The largest absolute Gasteiger partial charge is 0.497 e. The van der Waals surface area contributed by atoms with Crippen LogP contribution in [-0.2, 0) is 11.2 Å². The standard InChI is InChI=1S/C18H20ClNO3/c1-20(11-12-23-17-9-5-15(19)6-10-17)18(21)13-14-3-7-16(22-2)8-4-14/h3-10H,11-13H2,1-2H3. The van der Waals surface area contributed by atoms with Gasteiger partial charge in [0.2, 0.25) is 5.91 Å². The Morgan fingerprint density at radius 1 is 1.04 bits per heavy atom. The lowest BCUT2D eigenvalue weighted by molar-refractivity contribution is -0.129. The van der Waals surface area contributed by atoms with Crippen LogP contribution in [0.3, 0.4) is 0 Å². The molecular weight excluding hydrogens is 314 g/mol. The highest BCUT2D eigenvalue weighted by Crippen LogP contribution is 2.15. The fraction of sp³-hybridized carbons (Fsp3) is 0.278. The summed E-state index contributed by atoms with van der Waals surface area (Å²) in [6, 6.07) is 14.7. The van der Waals surface area contributed by atoms with Crippen molar-refractivity contribution in [2.75, 3.05) is 27.3 Å². The van der Waals surface area contributed by atoms with Gasteiger partial charge in [-0.25, -0.2) is 0 Å². The zero-order valence-electron chi connectivity index (χ0n) is 13.3. The van der Waals surface area contributed by atoms with E-state index in [2.05, 4.69) is 0 Å². The molecule has 0 bridgehead atoms. The molecule has 0 atom stereocenters. The van der Waals surface area contributed by atoms with Gasteiger partial charge in [-0.1, -0.05) is 23.7 Å². The number of methoxy groups -OCH3 is 1. The maximum absolute atomic E-state index is 12.2. The predicted octanol–water partition coefficient (Wildman–Crippen LogP) is 3.43. The summed E-state index contributed by atoms with van der Waals surface area (Å²) < 4.78 is 10.7. The van der Waals surface area contributed by atoms with Crippen molar-refractivity contribution in [3.05, 3.63) is 59.1 Å². The summed E-state index contributed by atoms with van der Waals surface area (Å²) in [4.78, 5) is 13.8. The van der Waals surface area contributed by atoms with Gasteiger partial charge < -0.3 is 14.4 Å². The SMILES string of the molecule is COc1ccc(CC(=O)N(C)CCOc2ccc(Cl)cc2)cc1. The van der Waals surface area contributed by atoms with Crippen LogP contribution in [0.1, 0.15) is 5.56 Å². The number of carbonyl (C=O) groups is 1. The van der Waals surface area contributed by atoms with Crippen molar-refractivity contribution in [3.8, 4) is 11.5 Å². The summed E-state index contributed by atoms with van der Waals surface area (Å²) >= 11 is 5.82. The van der Waals surface area contributed by atoms with Crippen LogP contribution in [0.4, 0.5) is 0 Å². The molecule has 0 aliphatic rings. The van der Waals surface area contributed by atoms with E-state index in [1.165, 1.54) is 0 Å². The normalized spacial score (nSPS) is 10.2. The molecule has 23 heavy (non-hydrogen) atoms. The lowest BCUT2D eigenvalue weighted by Gasteiger charge is -2.17. The van der Waals surface area contributed by atoms with Gasteiger partial charge in [-0.3, -0.25) is 4.79 Å². The molecule has 0 saturated carbocycles. The summed E-state index contributed by atoms with van der Waals surface area (Å²) in [5.41, 5.74) is 0.960. The molecule has 0 radical (unpaired) electrons. The summed E-state index contributed by atoms with van der Waals surface area (Å²) in [5, 5.41) is 0.670. The second kappa shape index (κ2) is 8.44. The molecule has 5 heteroatoms. The molecule has 0 saturated heterocycles. The Hall–Kier alpha value is -2.20. The lowest BCUT2D eigenvalue weighted by Crippen LogP contribution is -2.32. The highest BCUT2D eigenvalue weighted by molar-refractivity contribution is 6.30. The fourth-order valence-corrected chi connectivity index (χ4v) is 2.13. The first-order valence-electron chi connectivity index (χ1n) is 7.34. The first-order valence-corrected chi connectivity index (χ1v) is 7.71. The third-order valence-electron chi connectivity index (χ3n) is 3.45. The lowest BCUT2D eigenvalue weighted by atomic mass is 10.1. The maximum Gasteiger partial charge on any atom is 0.226 e. The molecule has 122 valence electrons. The van der Waals surface area contributed by atoms with Gasteiger partial charge in [-0.15, -0.1) is 0 Å². The Labute approximate surface area is 141 Å². The smallest absolute Gasteiger partial charge is 0.226 e. The van der Waals surface area contributed by atoms with E-state index in [1.807, 2.05) is 36.4 Å². The molecule has 4 nitrogen and oxygen atoms in total. The van der Waals surface area contributed by atoms with Crippen LogP contribution in [0.2, 0.25) is 5.02 Å². The highest BCUT2D eigenvalue weighted by atomic mass is 35.5. The Bertz CT molecular complexity index is 626. The van der Waals surface area contributed by atoms with Gasteiger partial charge in [-0.05, 0) is 42.0 Å². The average molecular weight is 334 g/mol. The van der Waals surface area contributed by atoms with E-state index in [9.17, 15) is 4.79 Å². The molecule has 0 aliphatic carbocycles. The van der Waals surface area contributed by atoms with Crippen LogP contribution in [0, 0.1) is 0 Å². The number of benzene rings is 2. The summed E-state index contributed by atoms with van der Waals surface area (Å²) in [5.74, 6) is 1.58. The topological polar surface area (TPSA) is 38.8 Å². The van der Waals surface area contributed by atoms with E-state index in [1.54, 1.807) is 31.2 Å². The first kappa shape index (κ1) is 17.2. The third kappa shape index (κ3) is 5.49. The number of rotatable bonds is 7. The summed E-state index contributed by atoms with van der Waals surface area (Å²) in [6.45, 7) is 0.962. The van der Waals surface area contributed by atoms with E-state index in [0.29, 0.717) is 24.6 Å². The van der Waals surface area contributed by atoms with Gasteiger partial charge in [0.25, 0.3) is 0 Å². The number of amides is 1. The quantitative estimate of drug-likeness (QED) is 0.779. The van der Waals surface area contributed by atoms with Crippen LogP contribution in [0.5, 0.6) is 11.5 Å². The molecule has 1 amide bonds. The van der Waals surface area contributed by atoms with Gasteiger partial charge in [0.05, 0.1) is 20.1 Å². The molecule has 0 aromatic heterocycles. The number of likely N-dealkylation sites (N-methyl/N-ethyl adjacent to an activating group) is 1. The van der Waals surface area contributed by atoms with Crippen molar-refractivity contribution in [1.82, 2.24) is 4.90 Å². The molecule has 2 aromatic rings. The van der Waals surface area contributed by atoms with Crippen molar-refractivity contribution in [1.29, 1.82) is 0 Å². The Kier molecular flexibility index (Phi) is 6.29. The maximum atomic E-state index is 12.2. The molecule has 0 fully saturated rings. The van der Waals surface area contributed by atoms with E-state index in [4.69, 9.17) is 21.1 Å². The molecular formula is C18H20ClNO3. The number of halogens is 1. The second-order valence-electron chi connectivity index (χ2n) is 5.14. The van der Waals surface area contributed by atoms with Gasteiger partial charge in [0.1, 0.15) is 18.1 Å². The molecule has 2 rings (SSSR count). The number of carbonyl (C=O) groups excluding carboxylic acids is 1. The van der Waals surface area contributed by atoms with Gasteiger partial charge >= 0.3 is 0 Å². The second-order valence-corrected chi connectivity index (χ2v) is 5.58. The molecule has 0 N–H and O–H groups in total. The molecule has 0 spiro atoms.